The van der Waals surface area contributed by atoms with E-state index in [1.165, 1.54) is 6.33 Å². The Morgan fingerprint density at radius 3 is 2.94 bits per heavy atom. The Morgan fingerprint density at radius 2 is 2.24 bits per heavy atom. The second-order valence-electron chi connectivity index (χ2n) is 3.46. The zero-order chi connectivity index (χ0) is 12.3. The van der Waals surface area contributed by atoms with Crippen LogP contribution < -0.4 is 5.32 Å². The Labute approximate surface area is 112 Å². The molecule has 0 saturated carbocycles. The van der Waals surface area contributed by atoms with Crippen LogP contribution in [0.15, 0.2) is 23.2 Å². The van der Waals surface area contributed by atoms with E-state index in [-0.39, 0.29) is 0 Å². The lowest BCUT2D eigenvalue weighted by Gasteiger charge is -2.07. The van der Waals surface area contributed by atoms with Crippen molar-refractivity contribution in [2.24, 2.45) is 7.05 Å². The molecule has 0 spiro atoms. The lowest BCUT2D eigenvalue weighted by atomic mass is 10.4. The fraction of sp³-hybridized carbons (Fsp3) is 0.300. The molecule has 0 fully saturated rings. The Hall–Kier alpha value is -1.14. The molecule has 0 amide bonds. The van der Waals surface area contributed by atoms with Gasteiger partial charge in [0.05, 0.1) is 4.47 Å². The number of anilines is 1. The fourth-order valence-corrected chi connectivity index (χ4v) is 1.88. The van der Waals surface area contributed by atoms with Crippen LogP contribution in [0.1, 0.15) is 5.82 Å². The second-order valence-corrected chi connectivity index (χ2v) is 4.61. The minimum Gasteiger partial charge on any atom is -0.369 e. The van der Waals surface area contributed by atoms with E-state index in [0.717, 1.165) is 18.8 Å². The molecule has 2 heterocycles. The van der Waals surface area contributed by atoms with Gasteiger partial charge in [0.1, 0.15) is 23.1 Å². The van der Waals surface area contributed by atoms with Gasteiger partial charge in [-0.3, -0.25) is 0 Å². The fourth-order valence-electron chi connectivity index (χ4n) is 1.40. The number of aromatic nitrogens is 4. The maximum absolute atomic E-state index is 5.86. The van der Waals surface area contributed by atoms with E-state index in [1.807, 2.05) is 17.8 Å². The van der Waals surface area contributed by atoms with E-state index >= 15 is 0 Å². The molecule has 0 aliphatic heterocycles. The van der Waals surface area contributed by atoms with Crippen LogP contribution in [0.3, 0.4) is 0 Å². The zero-order valence-corrected chi connectivity index (χ0v) is 11.5. The van der Waals surface area contributed by atoms with Crippen LogP contribution in [-0.2, 0) is 13.5 Å². The van der Waals surface area contributed by atoms with Gasteiger partial charge in [0.2, 0.25) is 0 Å². The van der Waals surface area contributed by atoms with Crippen molar-refractivity contribution in [3.8, 4) is 0 Å². The average molecular weight is 317 g/mol. The number of rotatable bonds is 4. The van der Waals surface area contributed by atoms with Gasteiger partial charge in [0, 0.05) is 32.4 Å². The summed E-state index contributed by atoms with van der Waals surface area (Å²) in [6.45, 7) is 0.733. The Balaban J connectivity index is 1.95. The van der Waals surface area contributed by atoms with Crippen molar-refractivity contribution in [3.05, 3.63) is 34.2 Å². The van der Waals surface area contributed by atoms with Gasteiger partial charge in [-0.1, -0.05) is 11.6 Å². The van der Waals surface area contributed by atoms with Gasteiger partial charge in [-0.05, 0) is 15.9 Å². The molecular weight excluding hydrogens is 306 g/mol. The molecule has 0 saturated heterocycles. The molecular formula is C10H11BrClN5. The van der Waals surface area contributed by atoms with E-state index in [1.54, 1.807) is 6.20 Å². The maximum atomic E-state index is 5.86. The minimum absolute atomic E-state index is 0.402. The molecule has 1 N–H and O–H groups in total. The van der Waals surface area contributed by atoms with E-state index in [9.17, 15) is 0 Å². The monoisotopic (exact) mass is 315 g/mol. The van der Waals surface area contributed by atoms with Gasteiger partial charge >= 0.3 is 0 Å². The van der Waals surface area contributed by atoms with Gasteiger partial charge in [0.15, 0.2) is 0 Å². The molecule has 0 bridgehead atoms. The van der Waals surface area contributed by atoms with Crippen LogP contribution in [0, 0.1) is 0 Å². The van der Waals surface area contributed by atoms with Crippen molar-refractivity contribution in [1.29, 1.82) is 0 Å². The molecule has 2 aromatic heterocycles. The zero-order valence-electron chi connectivity index (χ0n) is 9.19. The number of nitrogens with one attached hydrogen (secondary N) is 1. The molecule has 17 heavy (non-hydrogen) atoms. The average Bonchev–Trinajstić information content (AvgIpc) is 2.71. The van der Waals surface area contributed by atoms with Gasteiger partial charge in [-0.15, -0.1) is 0 Å². The highest BCUT2D eigenvalue weighted by atomic mass is 79.9. The third-order valence-electron chi connectivity index (χ3n) is 2.31. The Bertz CT molecular complexity index is 513. The summed E-state index contributed by atoms with van der Waals surface area (Å²) in [6, 6.07) is 0. The number of hydrogen-bond acceptors (Lipinski definition) is 4. The van der Waals surface area contributed by atoms with Crippen LogP contribution in [0.2, 0.25) is 5.15 Å². The van der Waals surface area contributed by atoms with Gasteiger partial charge in [-0.25, -0.2) is 15.0 Å². The highest BCUT2D eigenvalue weighted by Gasteiger charge is 2.06. The summed E-state index contributed by atoms with van der Waals surface area (Å²) in [5, 5.41) is 3.59. The van der Waals surface area contributed by atoms with E-state index < -0.39 is 0 Å². The lowest BCUT2D eigenvalue weighted by molar-refractivity contribution is 0.788. The van der Waals surface area contributed by atoms with Crippen molar-refractivity contribution >= 4 is 33.3 Å². The van der Waals surface area contributed by atoms with Crippen LogP contribution in [0.4, 0.5) is 5.82 Å². The number of halogens is 2. The summed E-state index contributed by atoms with van der Waals surface area (Å²) >= 11 is 9.20. The van der Waals surface area contributed by atoms with E-state index in [0.29, 0.717) is 15.4 Å². The third kappa shape index (κ3) is 2.95. The van der Waals surface area contributed by atoms with Gasteiger partial charge < -0.3 is 9.88 Å². The largest absolute Gasteiger partial charge is 0.369 e. The molecule has 90 valence electrons. The van der Waals surface area contributed by atoms with Crippen molar-refractivity contribution in [3.63, 3.8) is 0 Å². The molecule has 7 heteroatoms. The van der Waals surface area contributed by atoms with E-state index in [2.05, 4.69) is 36.2 Å². The highest BCUT2D eigenvalue weighted by molar-refractivity contribution is 9.10. The molecule has 0 unspecified atom stereocenters. The summed E-state index contributed by atoms with van der Waals surface area (Å²) in [6.07, 6.45) is 5.95. The smallest absolute Gasteiger partial charge is 0.148 e. The van der Waals surface area contributed by atoms with Crippen molar-refractivity contribution in [1.82, 2.24) is 19.5 Å². The minimum atomic E-state index is 0.402. The number of nitrogens with zero attached hydrogens (tertiary/aromatic N) is 4. The van der Waals surface area contributed by atoms with Crippen LogP contribution in [-0.4, -0.2) is 26.1 Å². The second kappa shape index (κ2) is 5.46. The first-order valence-corrected chi connectivity index (χ1v) is 6.21. The van der Waals surface area contributed by atoms with E-state index in [4.69, 9.17) is 11.6 Å². The third-order valence-corrected chi connectivity index (χ3v) is 3.57. The number of aryl methyl sites for hydroxylation is 1. The standard InChI is InChI=1S/C10H11BrClN5/c1-17-5-4-13-7(17)2-3-14-10-8(11)9(12)15-6-16-10/h4-6H,2-3H2,1H3,(H,14,15,16). The predicted molar refractivity (Wildman–Crippen MR) is 70.1 cm³/mol. The van der Waals surface area contributed by atoms with Crippen molar-refractivity contribution in [2.75, 3.05) is 11.9 Å². The van der Waals surface area contributed by atoms with Crippen molar-refractivity contribution < 1.29 is 0 Å². The quantitative estimate of drug-likeness (QED) is 0.879. The molecule has 2 rings (SSSR count). The Kier molecular flexibility index (Phi) is 3.96. The summed E-state index contributed by atoms with van der Waals surface area (Å²) in [5.41, 5.74) is 0. The molecule has 0 radical (unpaired) electrons. The predicted octanol–water partition coefficient (Wildman–Crippen LogP) is 2.28. The summed E-state index contributed by atoms with van der Waals surface area (Å²) in [4.78, 5) is 12.2. The first kappa shape index (κ1) is 12.3. The maximum Gasteiger partial charge on any atom is 0.148 e. The SMILES string of the molecule is Cn1ccnc1CCNc1ncnc(Cl)c1Br. The molecule has 0 aliphatic carbocycles. The summed E-state index contributed by atoms with van der Waals surface area (Å²) in [5.74, 6) is 1.72. The number of imidazole rings is 1. The molecule has 0 aliphatic rings. The van der Waals surface area contributed by atoms with Crippen LogP contribution in [0.5, 0.6) is 0 Å². The first-order chi connectivity index (χ1) is 8.18. The molecule has 0 aromatic carbocycles. The molecule has 0 atom stereocenters. The summed E-state index contributed by atoms with van der Waals surface area (Å²) in [7, 11) is 1.97. The topological polar surface area (TPSA) is 55.6 Å². The van der Waals surface area contributed by atoms with Gasteiger partial charge in [-0.2, -0.15) is 0 Å². The molecule has 5 nitrogen and oxygen atoms in total. The van der Waals surface area contributed by atoms with Crippen molar-refractivity contribution in [2.45, 2.75) is 6.42 Å². The first-order valence-electron chi connectivity index (χ1n) is 5.04. The number of hydrogen-bond donors (Lipinski definition) is 1. The lowest BCUT2D eigenvalue weighted by Crippen LogP contribution is -2.10. The Morgan fingerprint density at radius 1 is 1.41 bits per heavy atom. The van der Waals surface area contributed by atoms with Crippen LogP contribution >= 0.6 is 27.5 Å². The highest BCUT2D eigenvalue weighted by Crippen LogP contribution is 2.25. The van der Waals surface area contributed by atoms with Gasteiger partial charge in [0.25, 0.3) is 0 Å². The normalized spacial score (nSPS) is 10.5. The van der Waals surface area contributed by atoms with Crippen LogP contribution in [0.25, 0.3) is 0 Å². The molecule has 2 aromatic rings. The summed E-state index contributed by atoms with van der Waals surface area (Å²) < 4.78 is 2.67.